The number of likely N-dealkylation sites (tertiary alicyclic amines) is 1. The second-order valence-corrected chi connectivity index (χ2v) is 8.03. The van der Waals surface area contributed by atoms with E-state index in [1.54, 1.807) is 0 Å². The zero-order chi connectivity index (χ0) is 16.6. The Hall–Kier alpha value is -0.810. The lowest BCUT2D eigenvalue weighted by Crippen LogP contribution is -2.50. The lowest BCUT2D eigenvalue weighted by molar-refractivity contribution is -0.149. The summed E-state index contributed by atoms with van der Waals surface area (Å²) < 4.78 is 0. The van der Waals surface area contributed by atoms with Gasteiger partial charge in [0.2, 0.25) is 5.91 Å². The van der Waals surface area contributed by atoms with E-state index in [9.17, 15) is 14.7 Å². The molecule has 2 saturated carbocycles. The Labute approximate surface area is 151 Å². The number of carbonyl (C=O) groups is 2. The topological polar surface area (TPSA) is 69.6 Å². The van der Waals surface area contributed by atoms with Crippen molar-refractivity contribution in [3.8, 4) is 0 Å². The number of fused-ring (bicyclic) bond motifs is 1. The molecule has 2 N–H and O–H groups in total. The fourth-order valence-corrected chi connectivity index (χ4v) is 4.97. The molecular weight excluding hydrogens is 328 g/mol. The normalized spacial score (nSPS) is 37.3. The van der Waals surface area contributed by atoms with Crippen LogP contribution >= 0.6 is 12.4 Å². The molecule has 138 valence electrons. The number of halogens is 1. The Morgan fingerprint density at radius 2 is 1.92 bits per heavy atom. The molecular formula is C18H31ClN2O3. The molecule has 0 aromatic carbocycles. The van der Waals surface area contributed by atoms with Crippen molar-refractivity contribution in [2.24, 2.45) is 17.3 Å². The lowest BCUT2D eigenvalue weighted by Gasteiger charge is -2.32. The number of nitrogens with zero attached hydrogens (tertiary/aromatic N) is 1. The van der Waals surface area contributed by atoms with Gasteiger partial charge in [0.05, 0.1) is 11.5 Å². The van der Waals surface area contributed by atoms with Crippen LogP contribution in [0.15, 0.2) is 0 Å². The van der Waals surface area contributed by atoms with E-state index in [4.69, 9.17) is 0 Å². The number of nitrogens with one attached hydrogen (secondary N) is 1. The molecule has 0 aromatic rings. The minimum atomic E-state index is -0.670. The van der Waals surface area contributed by atoms with Crippen molar-refractivity contribution in [2.75, 3.05) is 13.1 Å². The number of carbonyl (C=O) groups excluding carboxylic acids is 1. The molecule has 0 bridgehead atoms. The molecule has 1 amide bonds. The number of amides is 1. The molecule has 0 radical (unpaired) electrons. The summed E-state index contributed by atoms with van der Waals surface area (Å²) in [6.07, 6.45) is 7.46. The SMILES string of the molecule is CC1CCCCC1NC(=O)C(C)N1C[C@@H]2CCC[C@@]2(C(=O)O)C1.Cl. The van der Waals surface area contributed by atoms with Crippen molar-refractivity contribution in [2.45, 2.75) is 70.9 Å². The molecule has 0 spiro atoms. The first-order valence-electron chi connectivity index (χ1n) is 9.22. The summed E-state index contributed by atoms with van der Waals surface area (Å²) >= 11 is 0. The molecule has 3 unspecified atom stereocenters. The van der Waals surface area contributed by atoms with Gasteiger partial charge in [0.15, 0.2) is 0 Å². The maximum atomic E-state index is 12.6. The predicted octanol–water partition coefficient (Wildman–Crippen LogP) is 2.68. The molecule has 24 heavy (non-hydrogen) atoms. The van der Waals surface area contributed by atoms with Crippen LogP contribution in [0.4, 0.5) is 0 Å². The Morgan fingerprint density at radius 1 is 1.21 bits per heavy atom. The monoisotopic (exact) mass is 358 g/mol. The van der Waals surface area contributed by atoms with E-state index in [0.717, 1.165) is 32.2 Å². The number of rotatable bonds is 4. The molecule has 2 aliphatic carbocycles. The number of hydrogen-bond donors (Lipinski definition) is 2. The van der Waals surface area contributed by atoms with E-state index in [0.29, 0.717) is 12.5 Å². The van der Waals surface area contributed by atoms with E-state index in [1.165, 1.54) is 19.3 Å². The number of carboxylic acid groups (broad SMARTS) is 1. The molecule has 6 heteroatoms. The Morgan fingerprint density at radius 3 is 2.54 bits per heavy atom. The number of carboxylic acids is 1. The van der Waals surface area contributed by atoms with Gasteiger partial charge in [-0.25, -0.2) is 0 Å². The molecule has 0 aromatic heterocycles. The fourth-order valence-electron chi connectivity index (χ4n) is 4.97. The summed E-state index contributed by atoms with van der Waals surface area (Å²) in [5.41, 5.74) is -0.604. The van der Waals surface area contributed by atoms with Crippen LogP contribution in [0.25, 0.3) is 0 Å². The highest BCUT2D eigenvalue weighted by molar-refractivity contribution is 5.85. The van der Waals surface area contributed by atoms with Crippen molar-refractivity contribution >= 4 is 24.3 Å². The zero-order valence-corrected chi connectivity index (χ0v) is 15.6. The van der Waals surface area contributed by atoms with E-state index >= 15 is 0 Å². The quantitative estimate of drug-likeness (QED) is 0.810. The van der Waals surface area contributed by atoms with E-state index < -0.39 is 11.4 Å². The Bertz CT molecular complexity index is 487. The van der Waals surface area contributed by atoms with Crippen LogP contribution in [0, 0.1) is 17.3 Å². The van der Waals surface area contributed by atoms with Crippen molar-refractivity contribution in [1.82, 2.24) is 10.2 Å². The summed E-state index contributed by atoms with van der Waals surface area (Å²) in [4.78, 5) is 26.5. The maximum Gasteiger partial charge on any atom is 0.311 e. The number of hydrogen-bond acceptors (Lipinski definition) is 3. The molecule has 1 aliphatic heterocycles. The van der Waals surface area contributed by atoms with Gasteiger partial charge >= 0.3 is 5.97 Å². The molecule has 1 saturated heterocycles. The van der Waals surface area contributed by atoms with Crippen LogP contribution in [-0.4, -0.2) is 47.1 Å². The van der Waals surface area contributed by atoms with Gasteiger partial charge in [-0.1, -0.05) is 26.2 Å². The van der Waals surface area contributed by atoms with Gasteiger partial charge in [0.25, 0.3) is 0 Å². The van der Waals surface area contributed by atoms with Gasteiger partial charge in [-0.3, -0.25) is 14.5 Å². The molecule has 3 rings (SSSR count). The zero-order valence-electron chi connectivity index (χ0n) is 14.8. The molecule has 3 aliphatic rings. The van der Waals surface area contributed by atoms with Crippen LogP contribution in [0.3, 0.4) is 0 Å². The summed E-state index contributed by atoms with van der Waals surface area (Å²) in [5, 5.41) is 12.9. The van der Waals surface area contributed by atoms with Gasteiger partial charge < -0.3 is 10.4 Å². The van der Waals surface area contributed by atoms with Gasteiger partial charge in [0.1, 0.15) is 0 Å². The van der Waals surface area contributed by atoms with Crippen molar-refractivity contribution in [3.05, 3.63) is 0 Å². The Balaban J connectivity index is 0.00000208. The van der Waals surface area contributed by atoms with Gasteiger partial charge in [-0.15, -0.1) is 12.4 Å². The van der Waals surface area contributed by atoms with Crippen LogP contribution < -0.4 is 5.32 Å². The largest absolute Gasteiger partial charge is 0.481 e. The van der Waals surface area contributed by atoms with Crippen LogP contribution in [0.2, 0.25) is 0 Å². The van der Waals surface area contributed by atoms with Crippen LogP contribution in [-0.2, 0) is 9.59 Å². The standard InChI is InChI=1S/C18H30N2O3.ClH/c1-12-6-3-4-8-15(12)19-16(21)13(2)20-10-14-7-5-9-18(14,11-20)17(22)23;/h12-15H,3-11H2,1-2H3,(H,19,21)(H,22,23);1H/t12?,13?,14-,15?,18+;/m0./s1. The summed E-state index contributed by atoms with van der Waals surface area (Å²) in [6, 6.07) is 0.0557. The lowest BCUT2D eigenvalue weighted by atomic mass is 9.81. The van der Waals surface area contributed by atoms with E-state index in [-0.39, 0.29) is 36.3 Å². The van der Waals surface area contributed by atoms with Crippen molar-refractivity contribution in [1.29, 1.82) is 0 Å². The van der Waals surface area contributed by atoms with E-state index in [1.807, 2.05) is 6.92 Å². The van der Waals surface area contributed by atoms with E-state index in [2.05, 4.69) is 17.1 Å². The number of aliphatic carboxylic acids is 1. The van der Waals surface area contributed by atoms with Crippen molar-refractivity contribution < 1.29 is 14.7 Å². The smallest absolute Gasteiger partial charge is 0.311 e. The first-order chi connectivity index (χ1) is 10.9. The third kappa shape index (κ3) is 3.43. The minimum absolute atomic E-state index is 0. The third-order valence-electron chi connectivity index (χ3n) is 6.69. The average molecular weight is 359 g/mol. The summed E-state index contributed by atoms with van der Waals surface area (Å²) in [6.45, 7) is 5.43. The Kier molecular flexibility index (Phi) is 6.19. The highest BCUT2D eigenvalue weighted by atomic mass is 35.5. The highest BCUT2D eigenvalue weighted by Gasteiger charge is 2.55. The first-order valence-corrected chi connectivity index (χ1v) is 9.22. The molecule has 5 nitrogen and oxygen atoms in total. The van der Waals surface area contributed by atoms with Crippen molar-refractivity contribution in [3.63, 3.8) is 0 Å². The molecule has 1 heterocycles. The fraction of sp³-hybridized carbons (Fsp3) is 0.889. The second-order valence-electron chi connectivity index (χ2n) is 8.03. The average Bonchev–Trinajstić information content (AvgIpc) is 3.06. The van der Waals surface area contributed by atoms with Crippen LogP contribution in [0.5, 0.6) is 0 Å². The molecule has 5 atom stereocenters. The highest BCUT2D eigenvalue weighted by Crippen LogP contribution is 2.49. The maximum absolute atomic E-state index is 12.6. The second kappa shape index (κ2) is 7.61. The van der Waals surface area contributed by atoms with Crippen LogP contribution in [0.1, 0.15) is 58.8 Å². The van der Waals surface area contributed by atoms with Gasteiger partial charge in [-0.05, 0) is 44.4 Å². The summed E-state index contributed by atoms with van der Waals surface area (Å²) in [7, 11) is 0. The molecule has 3 fully saturated rings. The minimum Gasteiger partial charge on any atom is -0.481 e. The predicted molar refractivity (Wildman–Crippen MR) is 95.3 cm³/mol. The summed E-state index contributed by atoms with van der Waals surface area (Å²) in [5.74, 6) is 0.160. The third-order valence-corrected chi connectivity index (χ3v) is 6.69. The van der Waals surface area contributed by atoms with Gasteiger partial charge in [-0.2, -0.15) is 0 Å². The first kappa shape index (κ1) is 19.5. The van der Waals surface area contributed by atoms with Gasteiger partial charge in [0, 0.05) is 19.1 Å².